The predicted molar refractivity (Wildman–Crippen MR) is 346 cm³/mol. The Morgan fingerprint density at radius 3 is 1.05 bits per heavy atom. The molecule has 0 heterocycles. The molecule has 0 aliphatic rings. The van der Waals surface area contributed by atoms with Gasteiger partial charge < -0.3 is 28.5 Å². The molecule has 0 saturated heterocycles. The monoisotopic (exact) mass is 1140 g/mol. The van der Waals surface area contributed by atoms with Crippen molar-refractivity contribution < 1.29 is 42.9 Å². The quantitative estimate of drug-likeness (QED) is 0.0211. The molecule has 9 nitrogen and oxygen atoms in total. The van der Waals surface area contributed by atoms with E-state index in [0.717, 1.165) is 70.6 Å². The first-order valence-corrected chi connectivity index (χ1v) is 34.8. The van der Waals surface area contributed by atoms with Gasteiger partial charge >= 0.3 is 17.9 Å². The highest BCUT2D eigenvalue weighted by Gasteiger charge is 2.25. The number of unbranched alkanes of at least 4 members (excludes halogenated alkanes) is 42. The average molecular weight is 1140 g/mol. The number of esters is 2. The van der Waals surface area contributed by atoms with Crippen LogP contribution in [-0.4, -0.2) is 87.4 Å². The summed E-state index contributed by atoms with van der Waals surface area (Å²) in [5.41, 5.74) is 0. The Kier molecular flexibility index (Phi) is 61.1. The predicted octanol–water partition coefficient (Wildman–Crippen LogP) is 21.4. The van der Waals surface area contributed by atoms with Crippen molar-refractivity contribution in [3.63, 3.8) is 0 Å². The zero-order valence-corrected chi connectivity index (χ0v) is 54.2. The molecule has 0 fully saturated rings. The van der Waals surface area contributed by atoms with E-state index in [9.17, 15) is 19.5 Å². The summed E-state index contributed by atoms with van der Waals surface area (Å²) in [6.07, 6.45) is 78.1. The van der Waals surface area contributed by atoms with Crippen molar-refractivity contribution in [2.45, 2.75) is 347 Å². The fourth-order valence-electron chi connectivity index (χ4n) is 10.3. The first-order chi connectivity index (χ1) is 39.6. The number of carbonyl (C=O) groups is 3. The normalized spacial score (nSPS) is 13.0. The molecule has 0 aromatic rings. The number of carboxylic acids is 1. The van der Waals surface area contributed by atoms with E-state index in [0.29, 0.717) is 23.9 Å². The molecular formula is C72H134NO8+. The van der Waals surface area contributed by atoms with Gasteiger partial charge in [-0.2, -0.15) is 0 Å². The largest absolute Gasteiger partial charge is 0.477 e. The maximum Gasteiger partial charge on any atom is 0.361 e. The lowest BCUT2D eigenvalue weighted by Crippen LogP contribution is -2.40. The van der Waals surface area contributed by atoms with Crippen molar-refractivity contribution >= 4 is 17.9 Å². The number of allylic oxidation sites excluding steroid dienone is 8. The Morgan fingerprint density at radius 1 is 0.383 bits per heavy atom. The van der Waals surface area contributed by atoms with E-state index in [1.165, 1.54) is 231 Å². The minimum atomic E-state index is -1.51. The highest BCUT2D eigenvalue weighted by atomic mass is 16.7. The lowest BCUT2D eigenvalue weighted by Gasteiger charge is -2.25. The minimum absolute atomic E-state index is 0.183. The Bertz CT molecular complexity index is 1470. The average Bonchev–Trinajstić information content (AvgIpc) is 3.44. The van der Waals surface area contributed by atoms with E-state index >= 15 is 0 Å². The summed E-state index contributed by atoms with van der Waals surface area (Å²) in [7, 11) is 5.98. The van der Waals surface area contributed by atoms with Crippen molar-refractivity contribution in [3.8, 4) is 0 Å². The fraction of sp³-hybridized carbons (Fsp3) is 0.847. The van der Waals surface area contributed by atoms with Crippen molar-refractivity contribution in [1.82, 2.24) is 0 Å². The van der Waals surface area contributed by atoms with Gasteiger partial charge in [0.1, 0.15) is 13.2 Å². The first kappa shape index (κ1) is 78.2. The van der Waals surface area contributed by atoms with Crippen molar-refractivity contribution in [2.24, 2.45) is 0 Å². The van der Waals surface area contributed by atoms with Crippen LogP contribution in [0.15, 0.2) is 48.6 Å². The van der Waals surface area contributed by atoms with Crippen LogP contribution in [0.5, 0.6) is 0 Å². The summed E-state index contributed by atoms with van der Waals surface area (Å²) in [6.45, 7) is 4.81. The van der Waals surface area contributed by atoms with Crippen LogP contribution < -0.4 is 0 Å². The van der Waals surface area contributed by atoms with Gasteiger partial charge in [-0.25, -0.2) is 4.79 Å². The molecule has 0 aromatic heterocycles. The van der Waals surface area contributed by atoms with Crippen LogP contribution in [0.2, 0.25) is 0 Å². The molecule has 9 heteroatoms. The zero-order valence-electron chi connectivity index (χ0n) is 54.2. The minimum Gasteiger partial charge on any atom is -0.477 e. The van der Waals surface area contributed by atoms with E-state index in [-0.39, 0.29) is 32.2 Å². The van der Waals surface area contributed by atoms with Gasteiger partial charge in [0, 0.05) is 12.8 Å². The summed E-state index contributed by atoms with van der Waals surface area (Å²) in [5, 5.41) is 9.73. The third kappa shape index (κ3) is 64.7. The Hall–Kier alpha value is -2.75. The molecule has 0 rings (SSSR count). The van der Waals surface area contributed by atoms with Gasteiger partial charge in [-0.1, -0.05) is 319 Å². The van der Waals surface area contributed by atoms with E-state index in [1.807, 2.05) is 21.1 Å². The Morgan fingerprint density at radius 2 is 0.704 bits per heavy atom. The smallest absolute Gasteiger partial charge is 0.361 e. The van der Waals surface area contributed by atoms with Crippen LogP contribution in [0.1, 0.15) is 335 Å². The number of carboxylic acid groups (broad SMARTS) is 1. The standard InChI is InChI=1S/C72H133NO8/c1-6-8-10-12-14-16-18-20-22-24-26-28-29-30-31-32-33-34-35-36-37-38-39-40-41-43-44-46-48-50-52-54-56-58-60-62-69(74)79-66-68(67-80-72(71(76)77)78-65-64-73(3,4)5)81-70(75)63-61-59-57-55-53-51-49-47-45-42-27-25-23-21-19-17-15-13-11-9-7-2/h9,11,15,17,21,23,27,42,68,72H,6-8,10,12-14,16,18-20,22,24-26,28-41,43-67H2,1-5H3/p+1/b11-9-,17-15-,23-21-,42-27-. The number of likely N-dealkylation sites (N-methyl/N-ethyl adjacent to an activating group) is 1. The summed E-state index contributed by atoms with van der Waals surface area (Å²) in [6, 6.07) is 0. The molecule has 0 aromatic carbocycles. The summed E-state index contributed by atoms with van der Waals surface area (Å²) < 4.78 is 23.0. The second kappa shape index (κ2) is 63.3. The molecule has 0 saturated carbocycles. The van der Waals surface area contributed by atoms with Crippen molar-refractivity contribution in [3.05, 3.63) is 48.6 Å². The highest BCUT2D eigenvalue weighted by molar-refractivity contribution is 5.71. The molecule has 0 radical (unpaired) electrons. The molecule has 0 aliphatic carbocycles. The van der Waals surface area contributed by atoms with E-state index in [4.69, 9.17) is 18.9 Å². The molecule has 81 heavy (non-hydrogen) atoms. The second-order valence-corrected chi connectivity index (χ2v) is 24.8. The molecule has 0 aliphatic heterocycles. The van der Waals surface area contributed by atoms with Crippen molar-refractivity contribution in [2.75, 3.05) is 47.5 Å². The summed E-state index contributed by atoms with van der Waals surface area (Å²) in [4.78, 5) is 37.6. The van der Waals surface area contributed by atoms with Crippen LogP contribution in [0.4, 0.5) is 0 Å². The SMILES string of the molecule is CC/C=C\C/C=C\C/C=C\C/C=C\CCCCCCCCCCC(=O)OC(COC(=O)CCCCCCCCCCCCCCCCCCCCCCCCCCCCCCCCCCCCC)COC(OCC[N+](C)(C)C)C(=O)O. The molecule has 1 N–H and O–H groups in total. The third-order valence-corrected chi connectivity index (χ3v) is 15.6. The second-order valence-electron chi connectivity index (χ2n) is 24.8. The summed E-state index contributed by atoms with van der Waals surface area (Å²) >= 11 is 0. The number of hydrogen-bond donors (Lipinski definition) is 1. The zero-order chi connectivity index (χ0) is 59.1. The molecular weight excluding hydrogens is 1010 g/mol. The van der Waals surface area contributed by atoms with E-state index in [1.54, 1.807) is 0 Å². The number of aliphatic carboxylic acids is 1. The van der Waals surface area contributed by atoms with Crippen LogP contribution in [0.3, 0.4) is 0 Å². The third-order valence-electron chi connectivity index (χ3n) is 15.6. The molecule has 0 amide bonds. The maximum absolute atomic E-state index is 12.9. The van der Waals surface area contributed by atoms with Gasteiger partial charge in [-0.3, -0.25) is 9.59 Å². The lowest BCUT2D eigenvalue weighted by molar-refractivity contribution is -0.870. The molecule has 2 unspecified atom stereocenters. The number of nitrogens with zero attached hydrogens (tertiary/aromatic N) is 1. The van der Waals surface area contributed by atoms with E-state index < -0.39 is 24.3 Å². The topological polar surface area (TPSA) is 108 Å². The number of carbonyl (C=O) groups excluding carboxylic acids is 2. The van der Waals surface area contributed by atoms with Gasteiger partial charge in [-0.05, 0) is 51.4 Å². The maximum atomic E-state index is 12.9. The number of hydrogen-bond acceptors (Lipinski definition) is 7. The molecule has 0 bridgehead atoms. The lowest BCUT2D eigenvalue weighted by atomic mass is 10.0. The van der Waals surface area contributed by atoms with Gasteiger partial charge in [0.25, 0.3) is 6.29 Å². The van der Waals surface area contributed by atoms with Gasteiger partial charge in [0.15, 0.2) is 6.10 Å². The van der Waals surface area contributed by atoms with Gasteiger partial charge in [0.05, 0.1) is 34.4 Å². The first-order valence-electron chi connectivity index (χ1n) is 34.8. The number of ether oxygens (including phenoxy) is 4. The Balaban J connectivity index is 4.01. The molecule has 474 valence electrons. The fourth-order valence-corrected chi connectivity index (χ4v) is 10.3. The Labute approximate surface area is 502 Å². The van der Waals surface area contributed by atoms with Gasteiger partial charge in [-0.15, -0.1) is 0 Å². The number of rotatable bonds is 65. The molecule has 0 spiro atoms. The van der Waals surface area contributed by atoms with Crippen molar-refractivity contribution in [1.29, 1.82) is 0 Å². The number of quaternary nitrogens is 1. The molecule has 2 atom stereocenters. The van der Waals surface area contributed by atoms with Gasteiger partial charge in [0.2, 0.25) is 0 Å². The highest BCUT2D eigenvalue weighted by Crippen LogP contribution is 2.19. The van der Waals surface area contributed by atoms with Crippen LogP contribution in [-0.2, 0) is 33.3 Å². The van der Waals surface area contributed by atoms with E-state index in [2.05, 4.69) is 62.5 Å². The summed E-state index contributed by atoms with van der Waals surface area (Å²) in [5.74, 6) is -2.00. The van der Waals surface area contributed by atoms with Crippen LogP contribution in [0, 0.1) is 0 Å². The van der Waals surface area contributed by atoms with Crippen LogP contribution >= 0.6 is 0 Å². The van der Waals surface area contributed by atoms with Crippen LogP contribution in [0.25, 0.3) is 0 Å².